The van der Waals surface area contributed by atoms with E-state index in [9.17, 15) is 9.90 Å². The van der Waals surface area contributed by atoms with Gasteiger partial charge in [0.25, 0.3) is 0 Å². The number of amides is 1. The molecule has 0 radical (unpaired) electrons. The number of terminal acetylenes is 1. The molecule has 2 bridgehead atoms. The molecular weight excluding hydrogens is 374 g/mol. The first-order valence-electron chi connectivity index (χ1n) is 10.9. The van der Waals surface area contributed by atoms with E-state index in [1.54, 1.807) is 0 Å². The normalized spacial score (nSPS) is 26.7. The highest BCUT2D eigenvalue weighted by molar-refractivity contribution is 5.79. The number of rotatable bonds is 4. The molecule has 0 aromatic heterocycles. The molecule has 0 saturated carbocycles. The van der Waals surface area contributed by atoms with Crippen LogP contribution in [0.4, 0.5) is 4.79 Å². The number of aliphatic hydroxyl groups is 1. The van der Waals surface area contributed by atoms with Gasteiger partial charge in [-0.05, 0) is 54.4 Å². The lowest BCUT2D eigenvalue weighted by molar-refractivity contribution is -0.0526. The number of carbonyl (C=O) groups excluding carboxylic acids is 1. The van der Waals surface area contributed by atoms with Crippen molar-refractivity contribution in [1.29, 1.82) is 0 Å². The number of piperidine rings is 1. The predicted octanol–water partition coefficient (Wildman–Crippen LogP) is 4.71. The highest BCUT2D eigenvalue weighted by Crippen LogP contribution is 2.46. The summed E-state index contributed by atoms with van der Waals surface area (Å²) in [4.78, 5) is 14.9. The first kappa shape index (κ1) is 19.2. The Morgan fingerprint density at radius 1 is 1.07 bits per heavy atom. The summed E-state index contributed by atoms with van der Waals surface area (Å²) in [6.07, 6.45) is 9.35. The van der Waals surface area contributed by atoms with E-state index in [4.69, 9.17) is 11.2 Å². The van der Waals surface area contributed by atoms with E-state index < -0.39 is 5.60 Å². The molecule has 1 aliphatic carbocycles. The van der Waals surface area contributed by atoms with Crippen LogP contribution < -0.4 is 0 Å². The molecule has 4 nitrogen and oxygen atoms in total. The van der Waals surface area contributed by atoms with Crippen LogP contribution in [0.5, 0.6) is 0 Å². The molecule has 4 heteroatoms. The summed E-state index contributed by atoms with van der Waals surface area (Å²) in [5.41, 5.74) is 4.14. The molecule has 3 aliphatic rings. The van der Waals surface area contributed by atoms with Crippen LogP contribution in [0.2, 0.25) is 0 Å². The average molecular weight is 402 g/mol. The minimum absolute atomic E-state index is 0.0437. The summed E-state index contributed by atoms with van der Waals surface area (Å²) in [6, 6.07) is 16.8. The lowest BCUT2D eigenvalue weighted by Crippen LogP contribution is -2.53. The maximum Gasteiger partial charge on any atom is 0.410 e. The Morgan fingerprint density at radius 2 is 1.63 bits per heavy atom. The molecule has 2 unspecified atom stereocenters. The Kier molecular flexibility index (Phi) is 4.79. The van der Waals surface area contributed by atoms with Gasteiger partial charge in [0.1, 0.15) is 6.61 Å². The molecule has 154 valence electrons. The minimum atomic E-state index is -0.752. The highest BCUT2D eigenvalue weighted by Gasteiger charge is 2.49. The van der Waals surface area contributed by atoms with E-state index in [1.807, 2.05) is 17.0 Å². The Bertz CT molecular complexity index is 948. The predicted molar refractivity (Wildman–Crippen MR) is 116 cm³/mol. The van der Waals surface area contributed by atoms with Gasteiger partial charge >= 0.3 is 6.09 Å². The third kappa shape index (κ3) is 3.18. The quantitative estimate of drug-likeness (QED) is 0.755. The van der Waals surface area contributed by atoms with Gasteiger partial charge < -0.3 is 14.7 Å². The standard InChI is InChI=1S/C26H27NO3/c1-2-3-14-26(29)15-18-12-13-19(16-26)27(18)25(28)30-17-24-22-10-6-4-8-20(22)21-9-5-7-11-23(21)24/h1,4-11,18-19,24,29H,3,12-17H2. The second kappa shape index (κ2) is 7.49. The Morgan fingerprint density at radius 3 is 2.20 bits per heavy atom. The fourth-order valence-electron chi connectivity index (χ4n) is 5.80. The fraction of sp³-hybridized carbons (Fsp3) is 0.423. The largest absolute Gasteiger partial charge is 0.448 e. The van der Waals surface area contributed by atoms with Crippen molar-refractivity contribution in [2.75, 3.05) is 6.61 Å². The van der Waals surface area contributed by atoms with Crippen LogP contribution in [0.3, 0.4) is 0 Å². The minimum Gasteiger partial charge on any atom is -0.448 e. The summed E-state index contributed by atoms with van der Waals surface area (Å²) < 4.78 is 5.88. The first-order valence-corrected chi connectivity index (χ1v) is 10.9. The first-order chi connectivity index (χ1) is 14.6. The van der Waals surface area contributed by atoms with Gasteiger partial charge in [-0.3, -0.25) is 0 Å². The van der Waals surface area contributed by atoms with E-state index >= 15 is 0 Å². The Hall–Kier alpha value is -2.77. The van der Waals surface area contributed by atoms with Gasteiger partial charge in [-0.25, -0.2) is 4.79 Å². The second-order valence-corrected chi connectivity index (χ2v) is 8.93. The van der Waals surface area contributed by atoms with E-state index in [0.29, 0.717) is 32.3 Å². The number of hydrogen-bond donors (Lipinski definition) is 1. The number of benzene rings is 2. The van der Waals surface area contributed by atoms with Gasteiger partial charge in [0.2, 0.25) is 0 Å². The molecule has 1 amide bonds. The van der Waals surface area contributed by atoms with Crippen molar-refractivity contribution in [3.05, 3.63) is 59.7 Å². The van der Waals surface area contributed by atoms with Crippen molar-refractivity contribution in [3.8, 4) is 23.5 Å². The topological polar surface area (TPSA) is 49.8 Å². The molecule has 2 fully saturated rings. The summed E-state index contributed by atoms with van der Waals surface area (Å²) in [5.74, 6) is 2.69. The number of hydrogen-bond acceptors (Lipinski definition) is 3. The molecular formula is C26H27NO3. The summed E-state index contributed by atoms with van der Waals surface area (Å²) in [5, 5.41) is 10.9. The lowest BCUT2D eigenvalue weighted by Gasteiger charge is -2.43. The lowest BCUT2D eigenvalue weighted by atomic mass is 9.83. The highest BCUT2D eigenvalue weighted by atomic mass is 16.6. The average Bonchev–Trinajstić information content (AvgIpc) is 3.23. The zero-order valence-electron chi connectivity index (χ0n) is 17.1. The summed E-state index contributed by atoms with van der Waals surface area (Å²) in [6.45, 7) is 0.337. The smallest absolute Gasteiger partial charge is 0.410 e. The molecule has 0 spiro atoms. The maximum absolute atomic E-state index is 13.1. The summed E-state index contributed by atoms with van der Waals surface area (Å²) in [7, 11) is 0. The molecule has 2 heterocycles. The molecule has 5 rings (SSSR count). The number of fused-ring (bicyclic) bond motifs is 5. The van der Waals surface area contributed by atoms with Gasteiger partial charge in [0.05, 0.1) is 5.60 Å². The molecule has 2 aromatic carbocycles. The second-order valence-electron chi connectivity index (χ2n) is 8.93. The van der Waals surface area contributed by atoms with Crippen molar-refractivity contribution >= 4 is 6.09 Å². The Balaban J connectivity index is 1.29. The fourth-order valence-corrected chi connectivity index (χ4v) is 5.80. The van der Waals surface area contributed by atoms with E-state index in [-0.39, 0.29) is 24.1 Å². The third-order valence-corrected chi connectivity index (χ3v) is 7.13. The van der Waals surface area contributed by atoms with Crippen LogP contribution in [0.25, 0.3) is 11.1 Å². The molecule has 2 aromatic rings. The molecule has 1 N–H and O–H groups in total. The molecule has 2 saturated heterocycles. The van der Waals surface area contributed by atoms with Crippen LogP contribution >= 0.6 is 0 Å². The zero-order chi connectivity index (χ0) is 20.7. The zero-order valence-corrected chi connectivity index (χ0v) is 17.1. The van der Waals surface area contributed by atoms with Gasteiger partial charge in [0.15, 0.2) is 0 Å². The van der Waals surface area contributed by atoms with Crippen LogP contribution in [-0.2, 0) is 4.74 Å². The maximum atomic E-state index is 13.1. The van der Waals surface area contributed by atoms with E-state index in [0.717, 1.165) is 12.8 Å². The van der Waals surface area contributed by atoms with Crippen molar-refractivity contribution < 1.29 is 14.6 Å². The third-order valence-electron chi connectivity index (χ3n) is 7.13. The summed E-state index contributed by atoms with van der Waals surface area (Å²) >= 11 is 0. The molecule has 30 heavy (non-hydrogen) atoms. The van der Waals surface area contributed by atoms with Crippen LogP contribution in [-0.4, -0.2) is 40.4 Å². The van der Waals surface area contributed by atoms with Crippen molar-refractivity contribution in [1.82, 2.24) is 4.90 Å². The molecule has 2 atom stereocenters. The number of carbonyl (C=O) groups is 1. The van der Waals surface area contributed by atoms with Crippen molar-refractivity contribution in [2.24, 2.45) is 0 Å². The number of ether oxygens (including phenoxy) is 1. The van der Waals surface area contributed by atoms with Crippen LogP contribution in [0.1, 0.15) is 55.6 Å². The monoisotopic (exact) mass is 401 g/mol. The number of nitrogens with zero attached hydrogens (tertiary/aromatic N) is 1. The van der Waals surface area contributed by atoms with Crippen LogP contribution in [0.15, 0.2) is 48.5 Å². The Labute approximate surface area is 177 Å². The van der Waals surface area contributed by atoms with Crippen molar-refractivity contribution in [2.45, 2.75) is 62.1 Å². The van der Waals surface area contributed by atoms with E-state index in [1.165, 1.54) is 22.3 Å². The van der Waals surface area contributed by atoms with Gasteiger partial charge in [-0.2, -0.15) is 0 Å². The van der Waals surface area contributed by atoms with E-state index in [2.05, 4.69) is 42.3 Å². The van der Waals surface area contributed by atoms with Crippen molar-refractivity contribution in [3.63, 3.8) is 0 Å². The van der Waals surface area contributed by atoms with Gasteiger partial charge in [-0.1, -0.05) is 48.5 Å². The SMILES string of the molecule is C#CCCC1(O)CC2CCC(C1)N2C(=O)OCC1c2ccccc2-c2ccccc21. The van der Waals surface area contributed by atoms with Gasteiger partial charge in [0, 0.05) is 24.4 Å². The molecule has 2 aliphatic heterocycles. The van der Waals surface area contributed by atoms with Gasteiger partial charge in [-0.15, -0.1) is 12.3 Å². The van der Waals surface area contributed by atoms with Crippen LogP contribution in [0, 0.1) is 12.3 Å².